The molecule has 1 saturated carbocycles. The van der Waals surface area contributed by atoms with Crippen LogP contribution < -0.4 is 20.7 Å². The van der Waals surface area contributed by atoms with Crippen molar-refractivity contribution in [1.82, 2.24) is 14.7 Å². The van der Waals surface area contributed by atoms with Crippen molar-refractivity contribution in [3.05, 3.63) is 84.1 Å². The van der Waals surface area contributed by atoms with E-state index >= 15 is 0 Å². The van der Waals surface area contributed by atoms with E-state index in [1.807, 2.05) is 0 Å². The van der Waals surface area contributed by atoms with Gasteiger partial charge in [0.2, 0.25) is 21.9 Å². The van der Waals surface area contributed by atoms with Gasteiger partial charge in [0.05, 0.1) is 21.6 Å². The predicted molar refractivity (Wildman–Crippen MR) is 158 cm³/mol. The van der Waals surface area contributed by atoms with Crippen molar-refractivity contribution in [2.24, 2.45) is 0 Å². The summed E-state index contributed by atoms with van der Waals surface area (Å²) in [6.45, 7) is 0.559. The van der Waals surface area contributed by atoms with Gasteiger partial charge in [0, 0.05) is 30.5 Å². The van der Waals surface area contributed by atoms with Crippen LogP contribution in [-0.2, 0) is 26.4 Å². The van der Waals surface area contributed by atoms with Gasteiger partial charge < -0.3 is 21.1 Å². The fraction of sp³-hybridized carbons (Fsp3) is 0.233. The van der Waals surface area contributed by atoms with Crippen molar-refractivity contribution in [3.8, 4) is 16.9 Å². The number of nitrogens with zero attached hydrogens (tertiary/aromatic N) is 2. The summed E-state index contributed by atoms with van der Waals surface area (Å²) < 4.78 is 67.6. The zero-order valence-electron chi connectivity index (χ0n) is 23.1. The average molecular weight is 625 g/mol. The second-order valence-electron chi connectivity index (χ2n) is 10.6. The molecule has 4 aromatic rings. The molecule has 44 heavy (non-hydrogen) atoms. The van der Waals surface area contributed by atoms with Gasteiger partial charge in [0.1, 0.15) is 11.6 Å². The lowest BCUT2D eigenvalue weighted by atomic mass is 9.93. The SMILES string of the molecule is O=C(Nc1ccc(-c2cnc3nc2NCCCNS(=O)(=O)c2ccc(O)c(c2)N3)cc1)C1(c2cccc(C(F)(F)F)c2)CC1. The van der Waals surface area contributed by atoms with E-state index in [1.54, 1.807) is 36.5 Å². The summed E-state index contributed by atoms with van der Waals surface area (Å²) in [6.07, 6.45) is -1.56. The number of alkyl halides is 3. The van der Waals surface area contributed by atoms with E-state index < -0.39 is 27.2 Å². The Balaban J connectivity index is 1.23. The highest BCUT2D eigenvalue weighted by Crippen LogP contribution is 2.50. The summed E-state index contributed by atoms with van der Waals surface area (Å²) in [5.74, 6) is 0.0331. The lowest BCUT2D eigenvalue weighted by molar-refractivity contribution is -0.137. The van der Waals surface area contributed by atoms with Crippen molar-refractivity contribution in [2.45, 2.75) is 35.7 Å². The van der Waals surface area contributed by atoms with Gasteiger partial charge >= 0.3 is 6.18 Å². The summed E-state index contributed by atoms with van der Waals surface area (Å²) in [7, 11) is -3.79. The van der Waals surface area contributed by atoms with Crippen molar-refractivity contribution in [1.29, 1.82) is 0 Å². The van der Waals surface area contributed by atoms with Gasteiger partial charge in [-0.2, -0.15) is 18.2 Å². The Bertz CT molecular complexity index is 1840. The van der Waals surface area contributed by atoms with E-state index in [2.05, 4.69) is 30.6 Å². The molecular weight excluding hydrogens is 597 g/mol. The molecule has 1 aromatic heterocycles. The van der Waals surface area contributed by atoms with E-state index in [1.165, 1.54) is 24.3 Å². The Morgan fingerprint density at radius 3 is 2.50 bits per heavy atom. The predicted octanol–water partition coefficient (Wildman–Crippen LogP) is 5.38. The van der Waals surface area contributed by atoms with Crippen LogP contribution >= 0.6 is 0 Å². The maximum absolute atomic E-state index is 13.2. The molecule has 0 atom stereocenters. The summed E-state index contributed by atoms with van der Waals surface area (Å²) >= 11 is 0. The minimum absolute atomic E-state index is 0.0172. The van der Waals surface area contributed by atoms with Gasteiger partial charge in [-0.15, -0.1) is 0 Å². The van der Waals surface area contributed by atoms with Crippen LogP contribution in [-0.4, -0.2) is 42.5 Å². The van der Waals surface area contributed by atoms with Crippen molar-refractivity contribution in [2.75, 3.05) is 29.0 Å². The molecule has 0 unspecified atom stereocenters. The van der Waals surface area contributed by atoms with E-state index in [9.17, 15) is 31.5 Å². The molecule has 228 valence electrons. The number of phenolic OH excluding ortho intramolecular Hbond substituents is 1. The number of anilines is 4. The van der Waals surface area contributed by atoms with Crippen LogP contribution in [0.2, 0.25) is 0 Å². The maximum atomic E-state index is 13.2. The van der Waals surface area contributed by atoms with Crippen LogP contribution in [0.4, 0.5) is 36.3 Å². The third kappa shape index (κ3) is 5.90. The summed E-state index contributed by atoms with van der Waals surface area (Å²) in [4.78, 5) is 22.1. The zero-order valence-corrected chi connectivity index (χ0v) is 23.9. The fourth-order valence-corrected chi connectivity index (χ4v) is 6.12. The molecule has 5 N–H and O–H groups in total. The normalized spacial score (nSPS) is 17.1. The van der Waals surface area contributed by atoms with Crippen LogP contribution in [0, 0.1) is 0 Å². The third-order valence-electron chi connectivity index (χ3n) is 7.63. The molecule has 2 heterocycles. The van der Waals surface area contributed by atoms with Gasteiger partial charge in [0.25, 0.3) is 0 Å². The molecule has 0 radical (unpaired) electrons. The molecule has 2 aliphatic rings. The molecule has 0 saturated heterocycles. The molecule has 4 bridgehead atoms. The highest BCUT2D eigenvalue weighted by molar-refractivity contribution is 7.89. The summed E-state index contributed by atoms with van der Waals surface area (Å²) in [6, 6.07) is 15.7. The van der Waals surface area contributed by atoms with Crippen LogP contribution in [0.1, 0.15) is 30.4 Å². The summed E-state index contributed by atoms with van der Waals surface area (Å²) in [5, 5.41) is 19.2. The standard InChI is InChI=1S/C30H27F3N6O4S/c31-30(32,33)20-4-1-3-19(15-20)29(11-12-29)27(41)37-21-7-5-18(6-8-21)23-17-35-28-38-24-16-22(9-10-25(24)40)44(42,43)36-14-2-13-34-26(23)39-28/h1,3-10,15-17,36,40H,2,11-14H2,(H,37,41)(H2,34,35,38,39). The topological polar surface area (TPSA) is 145 Å². The van der Waals surface area contributed by atoms with Crippen LogP contribution in [0.5, 0.6) is 5.75 Å². The number of phenols is 1. The minimum Gasteiger partial charge on any atom is -0.506 e. The number of nitrogens with one attached hydrogen (secondary N) is 4. The Morgan fingerprint density at radius 1 is 1.00 bits per heavy atom. The zero-order chi connectivity index (χ0) is 31.1. The number of aromatic nitrogens is 2. The second kappa shape index (κ2) is 11.1. The molecule has 1 fully saturated rings. The van der Waals surface area contributed by atoms with E-state index in [4.69, 9.17) is 0 Å². The maximum Gasteiger partial charge on any atom is 0.416 e. The number of carbonyl (C=O) groups excluding carboxylic acids is 1. The number of fused-ring (bicyclic) bond motifs is 4. The molecule has 1 aliphatic carbocycles. The molecule has 10 nitrogen and oxygen atoms in total. The van der Waals surface area contributed by atoms with Crippen molar-refractivity contribution < 1.29 is 31.5 Å². The Hall–Kier alpha value is -4.69. The largest absolute Gasteiger partial charge is 0.506 e. The number of amides is 1. The highest BCUT2D eigenvalue weighted by Gasteiger charge is 2.51. The number of hydrogen-bond donors (Lipinski definition) is 5. The molecule has 3 aromatic carbocycles. The third-order valence-corrected chi connectivity index (χ3v) is 9.09. The first kappa shape index (κ1) is 29.4. The van der Waals surface area contributed by atoms with Crippen LogP contribution in [0.15, 0.2) is 77.8 Å². The highest BCUT2D eigenvalue weighted by atomic mass is 32.2. The van der Waals surface area contributed by atoms with Crippen LogP contribution in [0.25, 0.3) is 11.1 Å². The number of benzene rings is 3. The van der Waals surface area contributed by atoms with E-state index in [0.717, 1.165) is 12.1 Å². The molecule has 14 heteroatoms. The number of sulfonamides is 1. The Kier molecular flexibility index (Phi) is 7.41. The number of hydrogen-bond acceptors (Lipinski definition) is 8. The Morgan fingerprint density at radius 2 is 1.77 bits per heavy atom. The molecule has 1 aliphatic heterocycles. The number of aromatic hydroxyl groups is 1. The number of halogens is 3. The fourth-order valence-electron chi connectivity index (χ4n) is 5.02. The molecule has 1 amide bonds. The van der Waals surface area contributed by atoms with Gasteiger partial charge in [-0.05, 0) is 66.8 Å². The lowest BCUT2D eigenvalue weighted by Gasteiger charge is -2.18. The molecule has 6 rings (SSSR count). The van der Waals surface area contributed by atoms with Gasteiger partial charge in [-0.1, -0.05) is 30.3 Å². The molecular formula is C30H27F3N6O4S. The monoisotopic (exact) mass is 624 g/mol. The lowest BCUT2D eigenvalue weighted by Crippen LogP contribution is -2.28. The van der Waals surface area contributed by atoms with Gasteiger partial charge in [-0.3, -0.25) is 4.79 Å². The van der Waals surface area contributed by atoms with Crippen molar-refractivity contribution >= 4 is 39.1 Å². The van der Waals surface area contributed by atoms with Crippen LogP contribution in [0.3, 0.4) is 0 Å². The number of carbonyl (C=O) groups is 1. The van der Waals surface area contributed by atoms with Gasteiger partial charge in [0.15, 0.2) is 0 Å². The average Bonchev–Trinajstić information content (AvgIpc) is 3.80. The quantitative estimate of drug-likeness (QED) is 0.191. The smallest absolute Gasteiger partial charge is 0.416 e. The first-order valence-electron chi connectivity index (χ1n) is 13.7. The molecule has 0 spiro atoms. The van der Waals surface area contributed by atoms with Crippen molar-refractivity contribution in [3.63, 3.8) is 0 Å². The van der Waals surface area contributed by atoms with E-state index in [0.29, 0.717) is 54.0 Å². The first-order valence-corrected chi connectivity index (χ1v) is 15.2. The first-order chi connectivity index (χ1) is 20.9. The Labute approximate surface area is 250 Å². The van der Waals surface area contributed by atoms with Gasteiger partial charge in [-0.25, -0.2) is 18.1 Å². The minimum atomic E-state index is -4.50. The second-order valence-corrected chi connectivity index (χ2v) is 12.4. The summed E-state index contributed by atoms with van der Waals surface area (Å²) in [5.41, 5.74) is 0.487. The number of rotatable bonds is 4. The van der Waals surface area contributed by atoms with E-state index in [-0.39, 0.29) is 34.7 Å².